The minimum Gasteiger partial charge on any atom is -0.497 e. The fourth-order valence-electron chi connectivity index (χ4n) is 4.98. The van der Waals surface area contributed by atoms with Gasteiger partial charge in [0.25, 0.3) is 0 Å². The van der Waals surface area contributed by atoms with Gasteiger partial charge in [0, 0.05) is 41.9 Å². The number of benzene rings is 2. The molecule has 1 aliphatic rings. The van der Waals surface area contributed by atoms with Crippen LogP contribution in [-0.2, 0) is 4.79 Å². The van der Waals surface area contributed by atoms with E-state index in [1.54, 1.807) is 18.2 Å². The number of aliphatic carboxylic acids is 1. The predicted octanol–water partition coefficient (Wildman–Crippen LogP) is 4.89. The number of fused-ring (bicyclic) bond motifs is 1. The first kappa shape index (κ1) is 27.6. The van der Waals surface area contributed by atoms with Crippen molar-refractivity contribution in [3.8, 4) is 5.75 Å². The molecule has 1 saturated heterocycles. The third kappa shape index (κ3) is 5.83. The molecule has 0 saturated carbocycles. The molecular formula is C27H29F4N3O4. The van der Waals surface area contributed by atoms with Crippen molar-refractivity contribution in [3.63, 3.8) is 0 Å². The highest BCUT2D eigenvalue weighted by molar-refractivity contribution is 5.84. The van der Waals surface area contributed by atoms with Crippen LogP contribution in [0.15, 0.2) is 36.5 Å². The first-order valence-corrected chi connectivity index (χ1v) is 12.3. The van der Waals surface area contributed by atoms with Gasteiger partial charge in [0.1, 0.15) is 11.6 Å². The molecule has 2 heterocycles. The maximum atomic E-state index is 14.7. The average molecular weight is 536 g/mol. The van der Waals surface area contributed by atoms with E-state index in [1.807, 2.05) is 4.90 Å². The number of anilines is 1. The molecule has 38 heavy (non-hydrogen) atoms. The van der Waals surface area contributed by atoms with E-state index >= 15 is 0 Å². The summed E-state index contributed by atoms with van der Waals surface area (Å²) >= 11 is 0. The zero-order valence-electron chi connectivity index (χ0n) is 20.8. The van der Waals surface area contributed by atoms with Gasteiger partial charge in [-0.2, -0.15) is 0 Å². The minimum atomic E-state index is -1.53. The van der Waals surface area contributed by atoms with Gasteiger partial charge in [-0.15, -0.1) is 0 Å². The van der Waals surface area contributed by atoms with E-state index in [0.29, 0.717) is 55.7 Å². The van der Waals surface area contributed by atoms with E-state index in [2.05, 4.69) is 10.3 Å². The van der Waals surface area contributed by atoms with E-state index < -0.39 is 40.8 Å². The second-order valence-electron chi connectivity index (χ2n) is 9.57. The normalized spacial score (nSPS) is 16.4. The Balaban J connectivity index is 1.36. The molecular weight excluding hydrogens is 506 g/mol. The lowest BCUT2D eigenvalue weighted by atomic mass is 9.74. The lowest BCUT2D eigenvalue weighted by Crippen LogP contribution is -2.45. The lowest BCUT2D eigenvalue weighted by Gasteiger charge is -2.39. The number of piperidine rings is 1. The van der Waals surface area contributed by atoms with Crippen LogP contribution >= 0.6 is 0 Å². The molecule has 1 aliphatic heterocycles. The van der Waals surface area contributed by atoms with E-state index in [1.165, 1.54) is 7.11 Å². The third-order valence-electron chi connectivity index (χ3n) is 7.31. The van der Waals surface area contributed by atoms with Gasteiger partial charge in [0.2, 0.25) is 0 Å². The van der Waals surface area contributed by atoms with E-state index in [-0.39, 0.29) is 24.1 Å². The Kier molecular flexibility index (Phi) is 8.37. The van der Waals surface area contributed by atoms with E-state index in [4.69, 9.17) is 4.74 Å². The number of carbonyl (C=O) groups is 1. The number of nitrogens with one attached hydrogen (secondary N) is 1. The SMILES string of the molecule is COc1ccc2ncc(F)c(C(O)CCC3(C(=O)O)CCN(CCNc4cc(F)c(F)c(F)c4)CC3)c2c1. The molecule has 4 rings (SSSR count). The van der Waals surface area contributed by atoms with Crippen LogP contribution in [-0.4, -0.2) is 59.4 Å². The molecule has 3 N–H and O–H groups in total. The number of hydrogen-bond acceptors (Lipinski definition) is 6. The van der Waals surface area contributed by atoms with Gasteiger partial charge >= 0.3 is 5.97 Å². The summed E-state index contributed by atoms with van der Waals surface area (Å²) in [5, 5.41) is 24.2. The number of ether oxygens (including phenoxy) is 1. The highest BCUT2D eigenvalue weighted by Crippen LogP contribution is 2.40. The summed E-state index contributed by atoms with van der Waals surface area (Å²) in [4.78, 5) is 18.3. The molecule has 0 spiro atoms. The Bertz CT molecular complexity index is 1290. The number of nitrogens with zero attached hydrogens (tertiary/aromatic N) is 2. The van der Waals surface area contributed by atoms with E-state index in [9.17, 15) is 32.6 Å². The Morgan fingerprint density at radius 1 is 1.13 bits per heavy atom. The first-order valence-electron chi connectivity index (χ1n) is 12.3. The number of methoxy groups -OCH3 is 1. The summed E-state index contributed by atoms with van der Waals surface area (Å²) in [6, 6.07) is 6.69. The van der Waals surface area contributed by atoms with Crippen molar-refractivity contribution in [1.29, 1.82) is 0 Å². The van der Waals surface area contributed by atoms with Crippen LogP contribution in [0.5, 0.6) is 5.75 Å². The molecule has 0 bridgehead atoms. The van der Waals surface area contributed by atoms with Gasteiger partial charge in [0.05, 0.1) is 30.3 Å². The molecule has 7 nitrogen and oxygen atoms in total. The Morgan fingerprint density at radius 2 is 1.82 bits per heavy atom. The van der Waals surface area contributed by atoms with Crippen molar-refractivity contribution < 1.29 is 37.3 Å². The largest absolute Gasteiger partial charge is 0.497 e. The molecule has 3 aromatic rings. The number of halogens is 4. The van der Waals surface area contributed by atoms with Crippen molar-refractivity contribution in [2.75, 3.05) is 38.6 Å². The number of aliphatic hydroxyl groups is 1. The number of hydrogen-bond donors (Lipinski definition) is 3. The van der Waals surface area contributed by atoms with E-state index in [0.717, 1.165) is 18.3 Å². The topological polar surface area (TPSA) is 94.9 Å². The van der Waals surface area contributed by atoms with Crippen LogP contribution < -0.4 is 10.1 Å². The molecule has 11 heteroatoms. The summed E-state index contributed by atoms with van der Waals surface area (Å²) in [5.74, 6) is -5.25. The molecule has 0 radical (unpaired) electrons. The fourth-order valence-corrected chi connectivity index (χ4v) is 4.98. The molecule has 1 atom stereocenters. The predicted molar refractivity (Wildman–Crippen MR) is 133 cm³/mol. The molecule has 0 aliphatic carbocycles. The van der Waals surface area contributed by atoms with Gasteiger partial charge in [-0.25, -0.2) is 17.6 Å². The third-order valence-corrected chi connectivity index (χ3v) is 7.31. The van der Waals surface area contributed by atoms with Gasteiger partial charge in [-0.1, -0.05) is 0 Å². The van der Waals surface area contributed by atoms with Gasteiger partial charge in [-0.3, -0.25) is 9.78 Å². The van der Waals surface area contributed by atoms with Crippen LogP contribution in [0.1, 0.15) is 37.4 Å². The number of pyridine rings is 1. The summed E-state index contributed by atoms with van der Waals surface area (Å²) in [5.41, 5.74) is -0.417. The number of aromatic nitrogens is 1. The van der Waals surface area contributed by atoms with Crippen LogP contribution in [0.2, 0.25) is 0 Å². The number of aliphatic hydroxyl groups excluding tert-OH is 1. The minimum absolute atomic E-state index is 0.0444. The van der Waals surface area contributed by atoms with Gasteiger partial charge in [-0.05, 0) is 57.0 Å². The Morgan fingerprint density at radius 3 is 2.45 bits per heavy atom. The second-order valence-corrected chi connectivity index (χ2v) is 9.57. The quantitative estimate of drug-likeness (QED) is 0.251. The van der Waals surface area contributed by atoms with Crippen molar-refractivity contribution in [2.45, 2.75) is 31.8 Å². The summed E-state index contributed by atoms with van der Waals surface area (Å²) in [7, 11) is 1.48. The standard InChI is InChI=1S/C27H29F4N3O4/c1-38-17-2-3-22-18(14-17)24(21(30)15-33-22)23(35)4-5-27(26(36)37)6-9-34(10-7-27)11-8-32-16-12-19(28)25(31)20(29)13-16/h2-3,12-15,23,32,35H,4-11H2,1H3,(H,36,37). The molecule has 2 aromatic carbocycles. The van der Waals surface area contributed by atoms with Crippen molar-refractivity contribution in [1.82, 2.24) is 9.88 Å². The lowest BCUT2D eigenvalue weighted by molar-refractivity contribution is -0.153. The number of rotatable bonds is 10. The number of carboxylic acids is 1. The second kappa shape index (κ2) is 11.5. The van der Waals surface area contributed by atoms with Crippen molar-refractivity contribution >= 4 is 22.6 Å². The van der Waals surface area contributed by atoms with Crippen LogP contribution in [0, 0.1) is 28.7 Å². The van der Waals surface area contributed by atoms with Crippen LogP contribution in [0.3, 0.4) is 0 Å². The van der Waals surface area contributed by atoms with Crippen molar-refractivity contribution in [2.24, 2.45) is 5.41 Å². The zero-order valence-corrected chi connectivity index (χ0v) is 20.8. The number of carboxylic acid groups (broad SMARTS) is 1. The maximum absolute atomic E-state index is 14.7. The highest BCUT2D eigenvalue weighted by Gasteiger charge is 2.41. The monoisotopic (exact) mass is 535 g/mol. The molecule has 1 fully saturated rings. The first-order chi connectivity index (χ1) is 18.1. The zero-order chi connectivity index (χ0) is 27.4. The summed E-state index contributed by atoms with van der Waals surface area (Å²) in [6.45, 7) is 1.72. The average Bonchev–Trinajstić information content (AvgIpc) is 2.90. The van der Waals surface area contributed by atoms with Crippen LogP contribution in [0.4, 0.5) is 23.2 Å². The highest BCUT2D eigenvalue weighted by atomic mass is 19.2. The van der Waals surface area contributed by atoms with Gasteiger partial charge < -0.3 is 25.2 Å². The number of likely N-dealkylation sites (tertiary alicyclic amines) is 1. The molecule has 1 aromatic heterocycles. The Labute approximate surface area is 217 Å². The maximum Gasteiger partial charge on any atom is 0.309 e. The summed E-state index contributed by atoms with van der Waals surface area (Å²) < 4.78 is 59.8. The molecule has 1 unspecified atom stereocenters. The fraction of sp³-hybridized carbons (Fsp3) is 0.407. The van der Waals surface area contributed by atoms with Crippen LogP contribution in [0.25, 0.3) is 10.9 Å². The Hall–Kier alpha value is -3.44. The van der Waals surface area contributed by atoms with Gasteiger partial charge in [0.15, 0.2) is 17.5 Å². The molecule has 0 amide bonds. The molecule has 204 valence electrons. The smallest absolute Gasteiger partial charge is 0.309 e. The summed E-state index contributed by atoms with van der Waals surface area (Å²) in [6.07, 6.45) is 0.647. The van der Waals surface area contributed by atoms with Crippen molar-refractivity contribution in [3.05, 3.63) is 65.4 Å².